The first-order valence-electron chi connectivity index (χ1n) is 6.95. The van der Waals surface area contributed by atoms with E-state index < -0.39 is 11.1 Å². The van der Waals surface area contributed by atoms with Crippen molar-refractivity contribution in [1.82, 2.24) is 4.90 Å². The normalized spacial score (nSPS) is 16.4. The summed E-state index contributed by atoms with van der Waals surface area (Å²) in [5, 5.41) is 2.67. The standard InChI is InChI=1S/C13H16F3N3OS3/c1-18-4-6-19(7-5-18)12(21)22-8-10(20)17-11-3-2-9(23-11)13(14,15)16/h2-3H,4-8H2,1H3,(H,17,20)/p+1. The zero-order chi connectivity index (χ0) is 17.0. The first kappa shape index (κ1) is 18.5. The van der Waals surface area contributed by atoms with Crippen molar-refractivity contribution in [3.05, 3.63) is 17.0 Å². The molecule has 128 valence electrons. The second-order valence-corrected chi connectivity index (χ2v) is 7.90. The molecular formula is C13H17F3N3OS3+. The summed E-state index contributed by atoms with van der Waals surface area (Å²) in [7, 11) is 2.12. The van der Waals surface area contributed by atoms with Crippen molar-refractivity contribution in [1.29, 1.82) is 0 Å². The van der Waals surface area contributed by atoms with Gasteiger partial charge in [0.1, 0.15) is 9.20 Å². The number of piperazine rings is 1. The zero-order valence-corrected chi connectivity index (χ0v) is 14.9. The third-order valence-corrected chi connectivity index (χ3v) is 5.92. The fourth-order valence-corrected chi connectivity index (χ4v) is 3.86. The summed E-state index contributed by atoms with van der Waals surface area (Å²) in [6.45, 7) is 3.73. The lowest BCUT2D eigenvalue weighted by atomic mass is 10.4. The third-order valence-electron chi connectivity index (χ3n) is 3.35. The molecule has 2 N–H and O–H groups in total. The van der Waals surface area contributed by atoms with E-state index >= 15 is 0 Å². The number of carbonyl (C=O) groups excluding carboxylic acids is 1. The Kier molecular flexibility index (Phi) is 6.29. The molecule has 0 spiro atoms. The number of quaternary nitrogens is 1. The number of hydrogen-bond donors (Lipinski definition) is 2. The fourth-order valence-electron chi connectivity index (χ4n) is 2.02. The van der Waals surface area contributed by atoms with Crippen molar-refractivity contribution in [2.24, 2.45) is 0 Å². The van der Waals surface area contributed by atoms with Crippen LogP contribution < -0.4 is 10.2 Å². The highest BCUT2D eigenvalue weighted by atomic mass is 32.2. The molecule has 0 radical (unpaired) electrons. The molecular weight excluding hydrogens is 367 g/mol. The summed E-state index contributed by atoms with van der Waals surface area (Å²) < 4.78 is 38.1. The molecule has 0 saturated carbocycles. The maximum absolute atomic E-state index is 12.5. The van der Waals surface area contributed by atoms with Crippen molar-refractivity contribution < 1.29 is 22.9 Å². The highest BCUT2D eigenvalue weighted by Gasteiger charge is 2.32. The predicted octanol–water partition coefficient (Wildman–Crippen LogP) is 1.55. The Hall–Kier alpha value is -0.840. The number of halogens is 3. The Balaban J connectivity index is 1.77. The molecule has 23 heavy (non-hydrogen) atoms. The second-order valence-electron chi connectivity index (χ2n) is 5.21. The molecule has 0 aromatic carbocycles. The molecule has 0 unspecified atom stereocenters. The van der Waals surface area contributed by atoms with E-state index in [1.807, 2.05) is 0 Å². The van der Waals surface area contributed by atoms with Crippen LogP contribution in [-0.2, 0) is 11.0 Å². The van der Waals surface area contributed by atoms with E-state index in [1.54, 1.807) is 0 Å². The Morgan fingerprint density at radius 3 is 2.65 bits per heavy atom. The molecule has 1 aromatic heterocycles. The topological polar surface area (TPSA) is 36.8 Å². The molecule has 1 aliphatic heterocycles. The van der Waals surface area contributed by atoms with Crippen molar-refractivity contribution in [2.45, 2.75) is 6.18 Å². The second kappa shape index (κ2) is 7.82. The number of thiophene rings is 1. The van der Waals surface area contributed by atoms with E-state index in [-0.39, 0.29) is 16.7 Å². The number of hydrogen-bond acceptors (Lipinski definition) is 4. The first-order chi connectivity index (χ1) is 10.8. The summed E-state index contributed by atoms with van der Waals surface area (Å²) in [6, 6.07) is 2.22. The average molecular weight is 384 g/mol. The number of nitrogens with zero attached hydrogens (tertiary/aromatic N) is 1. The van der Waals surface area contributed by atoms with Crippen LogP contribution in [0.5, 0.6) is 0 Å². The lowest BCUT2D eigenvalue weighted by molar-refractivity contribution is -0.883. The fraction of sp³-hybridized carbons (Fsp3) is 0.538. The number of amides is 1. The van der Waals surface area contributed by atoms with Gasteiger partial charge in [0, 0.05) is 0 Å². The first-order valence-corrected chi connectivity index (χ1v) is 9.16. The average Bonchev–Trinajstić information content (AvgIpc) is 2.94. The summed E-state index contributed by atoms with van der Waals surface area (Å²) >= 11 is 7.06. The lowest BCUT2D eigenvalue weighted by Crippen LogP contribution is -3.12. The minimum atomic E-state index is -4.38. The van der Waals surface area contributed by atoms with Gasteiger partial charge in [-0.3, -0.25) is 4.79 Å². The van der Waals surface area contributed by atoms with Gasteiger partial charge in [-0.1, -0.05) is 24.0 Å². The molecule has 1 aliphatic rings. The molecule has 4 nitrogen and oxygen atoms in total. The SMILES string of the molecule is C[NH+]1CCN(C(=S)SCC(=O)Nc2ccc(C(F)(F)F)s2)CC1. The minimum absolute atomic E-state index is 0.0945. The van der Waals surface area contributed by atoms with Gasteiger partial charge < -0.3 is 15.1 Å². The molecule has 2 rings (SSSR count). The van der Waals surface area contributed by atoms with E-state index in [0.29, 0.717) is 15.7 Å². The van der Waals surface area contributed by atoms with Crippen molar-refractivity contribution in [2.75, 3.05) is 44.3 Å². The van der Waals surface area contributed by atoms with Crippen LogP contribution in [-0.4, -0.2) is 54.1 Å². The Morgan fingerprint density at radius 2 is 2.09 bits per heavy atom. The number of thiocarbonyl (C=S) groups is 1. The maximum atomic E-state index is 12.5. The molecule has 0 bridgehead atoms. The van der Waals surface area contributed by atoms with E-state index in [1.165, 1.54) is 22.7 Å². The predicted molar refractivity (Wildman–Crippen MR) is 91.2 cm³/mol. The van der Waals surface area contributed by atoms with Gasteiger partial charge in [0.2, 0.25) is 5.91 Å². The molecule has 1 aromatic rings. The Morgan fingerprint density at radius 1 is 1.43 bits per heavy atom. The van der Waals surface area contributed by atoms with Gasteiger partial charge in [-0.25, -0.2) is 0 Å². The van der Waals surface area contributed by atoms with Gasteiger partial charge in [0.05, 0.1) is 44.0 Å². The molecule has 1 amide bonds. The molecule has 2 heterocycles. The van der Waals surface area contributed by atoms with E-state index in [4.69, 9.17) is 12.2 Å². The monoisotopic (exact) mass is 384 g/mol. The molecule has 10 heteroatoms. The zero-order valence-electron chi connectivity index (χ0n) is 12.4. The quantitative estimate of drug-likeness (QED) is 0.776. The van der Waals surface area contributed by atoms with Crippen LogP contribution in [0, 0.1) is 0 Å². The van der Waals surface area contributed by atoms with Gasteiger partial charge >= 0.3 is 6.18 Å². The Bertz CT molecular complexity index is 568. The number of nitrogens with one attached hydrogen (secondary N) is 2. The minimum Gasteiger partial charge on any atom is -0.346 e. The maximum Gasteiger partial charge on any atom is 0.425 e. The van der Waals surface area contributed by atoms with Crippen molar-refractivity contribution >= 4 is 50.5 Å². The van der Waals surface area contributed by atoms with Crippen LogP contribution in [0.3, 0.4) is 0 Å². The Labute approximate surface area is 146 Å². The third kappa shape index (κ3) is 5.63. The largest absolute Gasteiger partial charge is 0.425 e. The van der Waals surface area contributed by atoms with Crippen molar-refractivity contribution in [3.63, 3.8) is 0 Å². The van der Waals surface area contributed by atoms with Crippen LogP contribution in [0.15, 0.2) is 12.1 Å². The summed E-state index contributed by atoms with van der Waals surface area (Å²) in [4.78, 5) is 14.6. The summed E-state index contributed by atoms with van der Waals surface area (Å²) in [6.07, 6.45) is -4.38. The van der Waals surface area contributed by atoms with Crippen LogP contribution in [0.25, 0.3) is 0 Å². The molecule has 1 fully saturated rings. The van der Waals surface area contributed by atoms with Gasteiger partial charge in [-0.05, 0) is 12.1 Å². The number of anilines is 1. The summed E-state index contributed by atoms with van der Waals surface area (Å²) in [5.41, 5.74) is 0. The number of carbonyl (C=O) groups is 1. The van der Waals surface area contributed by atoms with E-state index in [0.717, 1.165) is 32.2 Å². The molecule has 1 saturated heterocycles. The highest BCUT2D eigenvalue weighted by molar-refractivity contribution is 8.23. The molecule has 0 aliphatic carbocycles. The summed E-state index contributed by atoms with van der Waals surface area (Å²) in [5.74, 6) is -0.259. The van der Waals surface area contributed by atoms with E-state index in [9.17, 15) is 18.0 Å². The van der Waals surface area contributed by atoms with Crippen molar-refractivity contribution in [3.8, 4) is 0 Å². The van der Waals surface area contributed by atoms with Gasteiger partial charge in [-0.2, -0.15) is 13.2 Å². The smallest absolute Gasteiger partial charge is 0.346 e. The van der Waals surface area contributed by atoms with Crippen LogP contribution >= 0.6 is 35.3 Å². The van der Waals surface area contributed by atoms with Crippen LogP contribution in [0.4, 0.5) is 18.2 Å². The highest BCUT2D eigenvalue weighted by Crippen LogP contribution is 2.36. The number of rotatable bonds is 3. The molecule has 0 atom stereocenters. The van der Waals surface area contributed by atoms with Crippen LogP contribution in [0.1, 0.15) is 4.88 Å². The van der Waals surface area contributed by atoms with E-state index in [2.05, 4.69) is 17.3 Å². The number of alkyl halides is 3. The van der Waals surface area contributed by atoms with Gasteiger partial charge in [0.25, 0.3) is 0 Å². The number of thioether (sulfide) groups is 1. The number of likely N-dealkylation sites (N-methyl/N-ethyl adjacent to an activating group) is 1. The lowest BCUT2D eigenvalue weighted by Gasteiger charge is -2.31. The van der Waals surface area contributed by atoms with Gasteiger partial charge in [0.15, 0.2) is 0 Å². The van der Waals surface area contributed by atoms with Crippen LogP contribution in [0.2, 0.25) is 0 Å². The van der Waals surface area contributed by atoms with Gasteiger partial charge in [-0.15, -0.1) is 11.3 Å².